The van der Waals surface area contributed by atoms with Gasteiger partial charge in [0, 0.05) is 12.6 Å². The van der Waals surface area contributed by atoms with Crippen LogP contribution >= 0.6 is 11.6 Å². The van der Waals surface area contributed by atoms with Crippen LogP contribution in [0.5, 0.6) is 5.75 Å². The van der Waals surface area contributed by atoms with Gasteiger partial charge in [0.05, 0.1) is 23.1 Å². The van der Waals surface area contributed by atoms with E-state index in [0.29, 0.717) is 12.4 Å². The molecule has 0 saturated heterocycles. The number of rotatable bonds is 11. The van der Waals surface area contributed by atoms with Gasteiger partial charge in [-0.2, -0.15) is 4.31 Å². The SMILES string of the molecule is CCOc1ccc(S(=O)(=O)N(CC)CC(=O)N[C@H](C)CCc2ccccc2)cc1Cl. The van der Waals surface area contributed by atoms with Crippen molar-refractivity contribution < 1.29 is 17.9 Å². The lowest BCUT2D eigenvalue weighted by molar-refractivity contribution is -0.121. The molecule has 0 radical (unpaired) electrons. The molecule has 0 fully saturated rings. The van der Waals surface area contributed by atoms with E-state index < -0.39 is 10.0 Å². The van der Waals surface area contributed by atoms with E-state index in [0.717, 1.165) is 17.1 Å². The minimum Gasteiger partial charge on any atom is -0.492 e. The van der Waals surface area contributed by atoms with Gasteiger partial charge in [-0.1, -0.05) is 48.9 Å². The minimum atomic E-state index is -3.86. The van der Waals surface area contributed by atoms with Crippen LogP contribution in [-0.2, 0) is 21.2 Å². The number of carbonyl (C=O) groups excluding carboxylic acids is 1. The summed E-state index contributed by atoms with van der Waals surface area (Å²) in [6.45, 7) is 5.77. The summed E-state index contributed by atoms with van der Waals surface area (Å²) < 4.78 is 32.4. The fourth-order valence-electron chi connectivity index (χ4n) is 3.01. The zero-order valence-corrected chi connectivity index (χ0v) is 19.2. The maximum atomic E-state index is 13.0. The van der Waals surface area contributed by atoms with Crippen molar-refractivity contribution in [3.63, 3.8) is 0 Å². The van der Waals surface area contributed by atoms with E-state index in [2.05, 4.69) is 5.32 Å². The number of nitrogens with one attached hydrogen (secondary N) is 1. The molecule has 0 heterocycles. The quantitative estimate of drug-likeness (QED) is 0.561. The molecule has 30 heavy (non-hydrogen) atoms. The Kier molecular flexibility index (Phi) is 9.14. The molecule has 2 aromatic carbocycles. The van der Waals surface area contributed by atoms with E-state index in [1.165, 1.54) is 23.8 Å². The summed E-state index contributed by atoms with van der Waals surface area (Å²) in [4.78, 5) is 12.5. The third-order valence-electron chi connectivity index (χ3n) is 4.63. The number of ether oxygens (including phenoxy) is 1. The number of hydrogen-bond acceptors (Lipinski definition) is 4. The number of benzene rings is 2. The normalized spacial score (nSPS) is 12.6. The lowest BCUT2D eigenvalue weighted by Gasteiger charge is -2.22. The van der Waals surface area contributed by atoms with Crippen LogP contribution in [0.2, 0.25) is 5.02 Å². The summed E-state index contributed by atoms with van der Waals surface area (Å²) in [5.74, 6) is 0.0872. The Morgan fingerprint density at radius 3 is 2.47 bits per heavy atom. The first kappa shape index (κ1) is 24.2. The summed E-state index contributed by atoms with van der Waals surface area (Å²) >= 11 is 6.13. The molecule has 0 saturated carbocycles. The van der Waals surface area contributed by atoms with Gasteiger partial charge in [-0.3, -0.25) is 4.79 Å². The molecule has 0 aromatic heterocycles. The summed E-state index contributed by atoms with van der Waals surface area (Å²) in [5, 5.41) is 3.10. The summed E-state index contributed by atoms with van der Waals surface area (Å²) in [7, 11) is -3.86. The summed E-state index contributed by atoms with van der Waals surface area (Å²) in [6, 6.07) is 14.3. The lowest BCUT2D eigenvalue weighted by Crippen LogP contribution is -2.43. The second-order valence-corrected chi connectivity index (χ2v) is 9.29. The van der Waals surface area contributed by atoms with Crippen LogP contribution in [0, 0.1) is 0 Å². The van der Waals surface area contributed by atoms with Gasteiger partial charge in [0.25, 0.3) is 0 Å². The molecule has 1 amide bonds. The standard InChI is InChI=1S/C22H29ClN2O4S/c1-4-25(30(27,28)19-13-14-21(29-5-2)20(23)15-19)16-22(26)24-17(3)11-12-18-9-7-6-8-10-18/h6-10,13-15,17H,4-5,11-12,16H2,1-3H3,(H,24,26)/t17-/m1/s1. The van der Waals surface area contributed by atoms with Crippen LogP contribution < -0.4 is 10.1 Å². The molecule has 2 rings (SSSR count). The number of carbonyl (C=O) groups is 1. The predicted molar refractivity (Wildman–Crippen MR) is 119 cm³/mol. The minimum absolute atomic E-state index is 0.0303. The van der Waals surface area contributed by atoms with Crippen molar-refractivity contribution in [3.8, 4) is 5.75 Å². The molecule has 164 valence electrons. The van der Waals surface area contributed by atoms with Crippen molar-refractivity contribution in [1.82, 2.24) is 9.62 Å². The van der Waals surface area contributed by atoms with E-state index in [1.807, 2.05) is 44.2 Å². The highest BCUT2D eigenvalue weighted by Crippen LogP contribution is 2.28. The Morgan fingerprint density at radius 1 is 1.17 bits per heavy atom. The van der Waals surface area contributed by atoms with Crippen LogP contribution in [0.25, 0.3) is 0 Å². The van der Waals surface area contributed by atoms with Crippen LogP contribution in [-0.4, -0.2) is 44.4 Å². The Morgan fingerprint density at radius 2 is 1.87 bits per heavy atom. The molecule has 6 nitrogen and oxygen atoms in total. The maximum absolute atomic E-state index is 13.0. The third-order valence-corrected chi connectivity index (χ3v) is 6.84. The number of hydrogen-bond donors (Lipinski definition) is 1. The summed E-state index contributed by atoms with van der Waals surface area (Å²) in [5.41, 5.74) is 1.20. The average molecular weight is 453 g/mol. The lowest BCUT2D eigenvalue weighted by atomic mass is 10.1. The van der Waals surface area contributed by atoms with Gasteiger partial charge < -0.3 is 10.1 Å². The van der Waals surface area contributed by atoms with Crippen molar-refractivity contribution in [2.75, 3.05) is 19.7 Å². The van der Waals surface area contributed by atoms with Crippen molar-refractivity contribution in [3.05, 3.63) is 59.1 Å². The Balaban J connectivity index is 1.98. The molecular weight excluding hydrogens is 424 g/mol. The highest BCUT2D eigenvalue weighted by molar-refractivity contribution is 7.89. The number of nitrogens with zero attached hydrogens (tertiary/aromatic N) is 1. The number of likely N-dealkylation sites (N-methyl/N-ethyl adjacent to an activating group) is 1. The highest BCUT2D eigenvalue weighted by Gasteiger charge is 2.26. The molecule has 0 bridgehead atoms. The van der Waals surface area contributed by atoms with E-state index in [9.17, 15) is 13.2 Å². The number of sulfonamides is 1. The first-order valence-electron chi connectivity index (χ1n) is 10.0. The molecular formula is C22H29ClN2O4S. The molecule has 0 aliphatic rings. The van der Waals surface area contributed by atoms with Gasteiger partial charge in [0.15, 0.2) is 0 Å². The maximum Gasteiger partial charge on any atom is 0.243 e. The summed E-state index contributed by atoms with van der Waals surface area (Å²) in [6.07, 6.45) is 1.60. The van der Waals surface area contributed by atoms with Crippen LogP contribution in [0.15, 0.2) is 53.4 Å². The van der Waals surface area contributed by atoms with Crippen molar-refractivity contribution in [2.24, 2.45) is 0 Å². The van der Waals surface area contributed by atoms with Gasteiger partial charge in [-0.05, 0) is 50.5 Å². The first-order valence-corrected chi connectivity index (χ1v) is 11.9. The topological polar surface area (TPSA) is 75.7 Å². The van der Waals surface area contributed by atoms with Gasteiger partial charge >= 0.3 is 0 Å². The van der Waals surface area contributed by atoms with Crippen LogP contribution in [0.4, 0.5) is 0 Å². The molecule has 0 spiro atoms. The number of halogens is 1. The number of aryl methyl sites for hydroxylation is 1. The second-order valence-electron chi connectivity index (χ2n) is 6.95. The van der Waals surface area contributed by atoms with Gasteiger partial charge in [0.1, 0.15) is 5.75 Å². The molecule has 1 atom stereocenters. The predicted octanol–water partition coefficient (Wildman–Crippen LogP) is 3.89. The Hall–Kier alpha value is -2.09. The van der Waals surface area contributed by atoms with E-state index >= 15 is 0 Å². The molecule has 8 heteroatoms. The smallest absolute Gasteiger partial charge is 0.243 e. The van der Waals surface area contributed by atoms with Gasteiger partial charge in [-0.25, -0.2) is 8.42 Å². The van der Waals surface area contributed by atoms with Gasteiger partial charge in [-0.15, -0.1) is 0 Å². The third kappa shape index (κ3) is 6.72. The average Bonchev–Trinajstić information content (AvgIpc) is 2.72. The van der Waals surface area contributed by atoms with Gasteiger partial charge in [0.2, 0.25) is 15.9 Å². The van der Waals surface area contributed by atoms with Crippen LogP contribution in [0.1, 0.15) is 32.8 Å². The Labute approximate surface area is 184 Å². The fraction of sp³-hybridized carbons (Fsp3) is 0.409. The zero-order valence-electron chi connectivity index (χ0n) is 17.6. The number of amides is 1. The van der Waals surface area contributed by atoms with E-state index in [1.54, 1.807) is 6.92 Å². The van der Waals surface area contributed by atoms with E-state index in [4.69, 9.17) is 16.3 Å². The first-order chi connectivity index (χ1) is 14.3. The van der Waals surface area contributed by atoms with Crippen LogP contribution in [0.3, 0.4) is 0 Å². The van der Waals surface area contributed by atoms with Crippen molar-refractivity contribution in [1.29, 1.82) is 0 Å². The molecule has 2 aromatic rings. The highest BCUT2D eigenvalue weighted by atomic mass is 35.5. The van der Waals surface area contributed by atoms with Crippen molar-refractivity contribution in [2.45, 2.75) is 44.6 Å². The Bertz CT molecular complexity index is 935. The molecule has 0 aliphatic heterocycles. The molecule has 1 N–H and O–H groups in total. The van der Waals surface area contributed by atoms with E-state index in [-0.39, 0.29) is 35.0 Å². The monoisotopic (exact) mass is 452 g/mol. The van der Waals surface area contributed by atoms with Crippen molar-refractivity contribution >= 4 is 27.5 Å². The second kappa shape index (κ2) is 11.3. The molecule has 0 aliphatic carbocycles. The largest absolute Gasteiger partial charge is 0.492 e. The zero-order chi connectivity index (χ0) is 22.1. The fourth-order valence-corrected chi connectivity index (χ4v) is 4.74. The molecule has 0 unspecified atom stereocenters.